The Hall–Kier alpha value is -2.46. The second kappa shape index (κ2) is 7.62. The van der Waals surface area contributed by atoms with E-state index in [1.165, 1.54) is 10.8 Å². The van der Waals surface area contributed by atoms with E-state index in [2.05, 4.69) is 52.4 Å². The average Bonchev–Trinajstić information content (AvgIpc) is 3.07. The Morgan fingerprint density at radius 2 is 1.72 bits per heavy atom. The molecular formula is C21H20N2OS. The summed E-state index contributed by atoms with van der Waals surface area (Å²) in [7, 11) is 0. The quantitative estimate of drug-likeness (QED) is 0.345. The number of H-pyrrole nitrogens is 1. The van der Waals surface area contributed by atoms with Crippen LogP contribution in [0.2, 0.25) is 0 Å². The number of nitrogens with zero attached hydrogens (tertiary/aromatic N) is 1. The van der Waals surface area contributed by atoms with Crippen molar-refractivity contribution in [2.24, 2.45) is 0 Å². The largest absolute Gasteiger partial charge is 0.493 e. The van der Waals surface area contributed by atoms with Gasteiger partial charge in [-0.25, -0.2) is 4.98 Å². The highest BCUT2D eigenvalue weighted by Gasteiger charge is 2.03. The van der Waals surface area contributed by atoms with Crippen molar-refractivity contribution in [1.82, 2.24) is 9.97 Å². The minimum atomic E-state index is 0.745. The van der Waals surface area contributed by atoms with Crippen LogP contribution in [0, 0.1) is 0 Å². The molecule has 0 aliphatic carbocycles. The fraction of sp³-hybridized carbons (Fsp3) is 0.190. The van der Waals surface area contributed by atoms with Crippen LogP contribution in [0.5, 0.6) is 5.75 Å². The molecular weight excluding hydrogens is 328 g/mol. The molecule has 1 aromatic heterocycles. The van der Waals surface area contributed by atoms with Crippen LogP contribution >= 0.6 is 11.8 Å². The Morgan fingerprint density at radius 1 is 0.880 bits per heavy atom. The van der Waals surface area contributed by atoms with Crippen molar-refractivity contribution in [3.63, 3.8) is 0 Å². The van der Waals surface area contributed by atoms with Crippen molar-refractivity contribution < 1.29 is 4.74 Å². The number of hydrogen-bond acceptors (Lipinski definition) is 3. The lowest BCUT2D eigenvalue weighted by Crippen LogP contribution is -1.98. The number of benzene rings is 3. The summed E-state index contributed by atoms with van der Waals surface area (Å²) >= 11 is 1.77. The number of hydrogen-bond donors (Lipinski definition) is 1. The van der Waals surface area contributed by atoms with Crippen molar-refractivity contribution in [3.8, 4) is 5.75 Å². The summed E-state index contributed by atoms with van der Waals surface area (Å²) in [5, 5.41) is 3.40. The summed E-state index contributed by atoms with van der Waals surface area (Å²) in [6.45, 7) is 0.745. The first-order valence-corrected chi connectivity index (χ1v) is 9.57. The molecule has 4 rings (SSSR count). The van der Waals surface area contributed by atoms with Gasteiger partial charge >= 0.3 is 0 Å². The van der Waals surface area contributed by atoms with Gasteiger partial charge in [0.05, 0.1) is 17.6 Å². The van der Waals surface area contributed by atoms with Gasteiger partial charge in [0.1, 0.15) is 5.75 Å². The SMILES string of the molecule is c1ccc2c(OCCCCSc3nc4ccccc4[nH]3)cccc2c1. The number of rotatable bonds is 7. The summed E-state index contributed by atoms with van der Waals surface area (Å²) in [4.78, 5) is 7.94. The fourth-order valence-corrected chi connectivity index (χ4v) is 3.76. The van der Waals surface area contributed by atoms with Gasteiger partial charge in [0.15, 0.2) is 5.16 Å². The van der Waals surface area contributed by atoms with Crippen LogP contribution in [0.4, 0.5) is 0 Å². The summed E-state index contributed by atoms with van der Waals surface area (Å²) in [5.41, 5.74) is 2.13. The van der Waals surface area contributed by atoms with Crippen LogP contribution in [-0.4, -0.2) is 22.3 Å². The molecule has 4 aromatic rings. The number of aromatic nitrogens is 2. The van der Waals surface area contributed by atoms with Gasteiger partial charge in [-0.3, -0.25) is 0 Å². The number of nitrogens with one attached hydrogen (secondary N) is 1. The lowest BCUT2D eigenvalue weighted by Gasteiger charge is -2.09. The molecule has 0 saturated carbocycles. The molecule has 0 spiro atoms. The Bertz CT molecular complexity index is 941. The monoisotopic (exact) mass is 348 g/mol. The smallest absolute Gasteiger partial charge is 0.166 e. The van der Waals surface area contributed by atoms with Gasteiger partial charge in [0, 0.05) is 11.1 Å². The van der Waals surface area contributed by atoms with Gasteiger partial charge in [-0.05, 0) is 36.4 Å². The summed E-state index contributed by atoms with van der Waals surface area (Å²) in [6, 6.07) is 22.7. The van der Waals surface area contributed by atoms with Gasteiger partial charge in [-0.1, -0.05) is 60.3 Å². The maximum Gasteiger partial charge on any atom is 0.166 e. The van der Waals surface area contributed by atoms with E-state index in [4.69, 9.17) is 4.74 Å². The standard InChI is InChI=1S/C21H20N2OS/c1-2-10-17-16(8-1)9-7-13-20(17)24-14-5-6-15-25-21-22-18-11-3-4-12-19(18)23-21/h1-4,7-13H,5-6,14-15H2,(H,22,23). The van der Waals surface area contributed by atoms with Crippen molar-refractivity contribution in [2.75, 3.05) is 12.4 Å². The zero-order valence-electron chi connectivity index (χ0n) is 13.9. The Kier molecular flexibility index (Phi) is 4.89. The number of aromatic amines is 1. The van der Waals surface area contributed by atoms with Crippen LogP contribution in [0.25, 0.3) is 21.8 Å². The molecule has 3 aromatic carbocycles. The predicted molar refractivity (Wildman–Crippen MR) is 105 cm³/mol. The third kappa shape index (κ3) is 3.80. The van der Waals surface area contributed by atoms with Gasteiger partial charge in [-0.15, -0.1) is 0 Å². The zero-order valence-corrected chi connectivity index (χ0v) is 14.8. The van der Waals surface area contributed by atoms with E-state index in [9.17, 15) is 0 Å². The molecule has 0 saturated heterocycles. The van der Waals surface area contributed by atoms with Gasteiger partial charge < -0.3 is 9.72 Å². The van der Waals surface area contributed by atoms with Crippen LogP contribution in [0.3, 0.4) is 0 Å². The van der Waals surface area contributed by atoms with Gasteiger partial charge in [0.25, 0.3) is 0 Å². The Labute approximate surface area is 151 Å². The van der Waals surface area contributed by atoms with Crippen LogP contribution in [-0.2, 0) is 0 Å². The second-order valence-electron chi connectivity index (χ2n) is 5.94. The molecule has 0 fully saturated rings. The summed E-state index contributed by atoms with van der Waals surface area (Å²) in [6.07, 6.45) is 2.14. The number of thioether (sulfide) groups is 1. The topological polar surface area (TPSA) is 37.9 Å². The van der Waals surface area contributed by atoms with E-state index < -0.39 is 0 Å². The maximum atomic E-state index is 5.99. The molecule has 0 atom stereocenters. The molecule has 126 valence electrons. The highest BCUT2D eigenvalue weighted by Crippen LogP contribution is 2.25. The predicted octanol–water partition coefficient (Wildman–Crippen LogP) is 5.67. The molecule has 1 N–H and O–H groups in total. The van der Waals surface area contributed by atoms with Gasteiger partial charge in [0.2, 0.25) is 0 Å². The highest BCUT2D eigenvalue weighted by molar-refractivity contribution is 7.99. The third-order valence-corrected chi connectivity index (χ3v) is 5.11. The first kappa shape index (κ1) is 16.0. The molecule has 0 unspecified atom stereocenters. The number of ether oxygens (including phenoxy) is 1. The van der Waals surface area contributed by atoms with Crippen LogP contribution in [0.1, 0.15) is 12.8 Å². The van der Waals surface area contributed by atoms with Crippen molar-refractivity contribution in [3.05, 3.63) is 66.7 Å². The van der Waals surface area contributed by atoms with E-state index in [1.54, 1.807) is 11.8 Å². The minimum Gasteiger partial charge on any atom is -0.493 e. The normalized spacial score (nSPS) is 11.2. The molecule has 0 bridgehead atoms. The molecule has 3 nitrogen and oxygen atoms in total. The van der Waals surface area contributed by atoms with E-state index in [0.29, 0.717) is 0 Å². The summed E-state index contributed by atoms with van der Waals surface area (Å²) < 4.78 is 5.99. The fourth-order valence-electron chi connectivity index (χ4n) is 2.87. The third-order valence-electron chi connectivity index (χ3n) is 4.15. The molecule has 0 radical (unpaired) electrons. The average molecular weight is 348 g/mol. The maximum absolute atomic E-state index is 5.99. The molecule has 25 heavy (non-hydrogen) atoms. The number of para-hydroxylation sites is 2. The summed E-state index contributed by atoms with van der Waals surface area (Å²) in [5.74, 6) is 2.02. The van der Waals surface area contributed by atoms with Gasteiger partial charge in [-0.2, -0.15) is 0 Å². The van der Waals surface area contributed by atoms with Crippen molar-refractivity contribution in [2.45, 2.75) is 18.0 Å². The number of unbranched alkanes of at least 4 members (excludes halogenated alkanes) is 1. The van der Waals surface area contributed by atoms with Crippen LogP contribution < -0.4 is 4.74 Å². The first-order valence-electron chi connectivity index (χ1n) is 8.58. The van der Waals surface area contributed by atoms with E-state index in [0.717, 1.165) is 47.1 Å². The second-order valence-corrected chi connectivity index (χ2v) is 7.02. The number of imidazole rings is 1. The molecule has 4 heteroatoms. The molecule has 0 aliphatic heterocycles. The van der Waals surface area contributed by atoms with E-state index in [1.807, 2.05) is 24.3 Å². The molecule has 0 aliphatic rings. The Morgan fingerprint density at radius 3 is 2.68 bits per heavy atom. The molecule has 1 heterocycles. The van der Waals surface area contributed by atoms with E-state index in [-0.39, 0.29) is 0 Å². The van der Waals surface area contributed by atoms with Crippen molar-refractivity contribution in [1.29, 1.82) is 0 Å². The minimum absolute atomic E-state index is 0.745. The zero-order chi connectivity index (χ0) is 16.9. The Balaban J connectivity index is 1.24. The van der Waals surface area contributed by atoms with Crippen LogP contribution in [0.15, 0.2) is 71.9 Å². The lowest BCUT2D eigenvalue weighted by molar-refractivity contribution is 0.313. The number of fused-ring (bicyclic) bond motifs is 2. The van der Waals surface area contributed by atoms with Crippen molar-refractivity contribution >= 4 is 33.6 Å². The molecule has 0 amide bonds. The first-order chi connectivity index (χ1) is 12.4. The van der Waals surface area contributed by atoms with E-state index >= 15 is 0 Å². The highest BCUT2D eigenvalue weighted by atomic mass is 32.2. The lowest BCUT2D eigenvalue weighted by atomic mass is 10.1.